The minimum absolute atomic E-state index is 0.119. The molecule has 1 atom stereocenters. The Labute approximate surface area is 132 Å². The van der Waals surface area contributed by atoms with Crippen LogP contribution in [0, 0.1) is 6.92 Å². The lowest BCUT2D eigenvalue weighted by molar-refractivity contribution is 0.339. The molecule has 0 aromatic heterocycles. The van der Waals surface area contributed by atoms with Crippen molar-refractivity contribution in [1.29, 1.82) is 0 Å². The first kappa shape index (κ1) is 15.9. The SMILES string of the molecule is CCNC(c1cccc(OCC)c1)c1ccc(C)c(Cl)c1. The Balaban J connectivity index is 2.37. The molecule has 21 heavy (non-hydrogen) atoms. The Bertz CT molecular complexity index is 598. The van der Waals surface area contributed by atoms with Crippen LogP contribution in [-0.4, -0.2) is 13.2 Å². The van der Waals surface area contributed by atoms with Crippen molar-refractivity contribution < 1.29 is 4.74 Å². The summed E-state index contributed by atoms with van der Waals surface area (Å²) < 4.78 is 5.60. The second-order valence-corrected chi connectivity index (χ2v) is 5.41. The Morgan fingerprint density at radius 2 is 1.86 bits per heavy atom. The van der Waals surface area contributed by atoms with Gasteiger partial charge in [-0.15, -0.1) is 0 Å². The van der Waals surface area contributed by atoms with Crippen molar-refractivity contribution in [3.63, 3.8) is 0 Å². The van der Waals surface area contributed by atoms with Gasteiger partial charge in [0.1, 0.15) is 5.75 Å². The summed E-state index contributed by atoms with van der Waals surface area (Å²) in [5.74, 6) is 0.899. The summed E-state index contributed by atoms with van der Waals surface area (Å²) in [6.45, 7) is 7.67. The van der Waals surface area contributed by atoms with E-state index < -0.39 is 0 Å². The average Bonchev–Trinajstić information content (AvgIpc) is 2.48. The summed E-state index contributed by atoms with van der Waals surface area (Å²) >= 11 is 6.27. The van der Waals surface area contributed by atoms with Crippen LogP contribution in [0.1, 0.15) is 36.6 Å². The molecule has 0 bridgehead atoms. The van der Waals surface area contributed by atoms with Gasteiger partial charge in [0.25, 0.3) is 0 Å². The zero-order valence-corrected chi connectivity index (χ0v) is 13.6. The van der Waals surface area contributed by atoms with Crippen molar-refractivity contribution in [3.8, 4) is 5.75 Å². The number of benzene rings is 2. The van der Waals surface area contributed by atoms with E-state index in [1.54, 1.807) is 0 Å². The number of hydrogen-bond donors (Lipinski definition) is 1. The van der Waals surface area contributed by atoms with Gasteiger partial charge in [-0.05, 0) is 55.3 Å². The van der Waals surface area contributed by atoms with Gasteiger partial charge in [-0.25, -0.2) is 0 Å². The molecule has 0 aliphatic rings. The van der Waals surface area contributed by atoms with Gasteiger partial charge < -0.3 is 10.1 Å². The van der Waals surface area contributed by atoms with E-state index in [1.807, 2.05) is 32.0 Å². The van der Waals surface area contributed by atoms with Gasteiger partial charge in [-0.1, -0.05) is 42.8 Å². The van der Waals surface area contributed by atoms with Crippen molar-refractivity contribution in [2.24, 2.45) is 0 Å². The van der Waals surface area contributed by atoms with Crippen LogP contribution in [0.25, 0.3) is 0 Å². The fraction of sp³-hybridized carbons (Fsp3) is 0.333. The summed E-state index contributed by atoms with van der Waals surface area (Å²) in [7, 11) is 0. The molecule has 0 amide bonds. The number of ether oxygens (including phenoxy) is 1. The molecule has 2 nitrogen and oxygen atoms in total. The lowest BCUT2D eigenvalue weighted by Gasteiger charge is -2.20. The van der Waals surface area contributed by atoms with Crippen LogP contribution >= 0.6 is 11.6 Å². The van der Waals surface area contributed by atoms with Gasteiger partial charge in [-0.2, -0.15) is 0 Å². The lowest BCUT2D eigenvalue weighted by atomic mass is 9.97. The molecule has 112 valence electrons. The molecule has 0 saturated heterocycles. The first-order valence-electron chi connectivity index (χ1n) is 7.37. The van der Waals surface area contributed by atoms with Crippen molar-refractivity contribution in [3.05, 3.63) is 64.2 Å². The molecule has 0 aliphatic heterocycles. The molecule has 0 radical (unpaired) electrons. The van der Waals surface area contributed by atoms with Gasteiger partial charge in [0.15, 0.2) is 0 Å². The minimum atomic E-state index is 0.119. The molecule has 0 saturated carbocycles. The molecular weight excluding hydrogens is 282 g/mol. The van der Waals surface area contributed by atoms with Crippen molar-refractivity contribution >= 4 is 11.6 Å². The molecule has 1 unspecified atom stereocenters. The van der Waals surface area contributed by atoms with Crippen LogP contribution in [0.4, 0.5) is 0 Å². The Hall–Kier alpha value is -1.51. The predicted octanol–water partition coefficient (Wildman–Crippen LogP) is 4.75. The highest BCUT2D eigenvalue weighted by Gasteiger charge is 2.14. The number of halogens is 1. The highest BCUT2D eigenvalue weighted by Crippen LogP contribution is 2.28. The van der Waals surface area contributed by atoms with E-state index >= 15 is 0 Å². The van der Waals surface area contributed by atoms with E-state index in [4.69, 9.17) is 16.3 Å². The largest absolute Gasteiger partial charge is 0.494 e. The summed E-state index contributed by atoms with van der Waals surface area (Å²) in [6.07, 6.45) is 0. The molecule has 3 heteroatoms. The van der Waals surface area contributed by atoms with Crippen LogP contribution in [0.15, 0.2) is 42.5 Å². The molecule has 0 aliphatic carbocycles. The standard InChI is InChI=1S/C18H22ClNO/c1-4-20-18(15-10-9-13(3)17(19)12-15)14-7-6-8-16(11-14)21-5-2/h6-12,18,20H,4-5H2,1-3H3. The maximum absolute atomic E-state index is 6.27. The smallest absolute Gasteiger partial charge is 0.119 e. The maximum atomic E-state index is 6.27. The molecular formula is C18H22ClNO. The van der Waals surface area contributed by atoms with Gasteiger partial charge >= 0.3 is 0 Å². The molecule has 0 fully saturated rings. The number of rotatable bonds is 6. The topological polar surface area (TPSA) is 21.3 Å². The highest BCUT2D eigenvalue weighted by molar-refractivity contribution is 6.31. The van der Waals surface area contributed by atoms with Crippen molar-refractivity contribution in [1.82, 2.24) is 5.32 Å². The molecule has 2 aromatic carbocycles. The van der Waals surface area contributed by atoms with E-state index in [-0.39, 0.29) is 6.04 Å². The summed E-state index contributed by atoms with van der Waals surface area (Å²) in [6, 6.07) is 14.6. The molecule has 2 rings (SSSR count). The zero-order chi connectivity index (χ0) is 15.2. The zero-order valence-electron chi connectivity index (χ0n) is 12.8. The third kappa shape index (κ3) is 3.99. The van der Waals surface area contributed by atoms with Gasteiger partial charge in [-0.3, -0.25) is 0 Å². The molecule has 0 spiro atoms. The number of nitrogens with one attached hydrogen (secondary N) is 1. The second-order valence-electron chi connectivity index (χ2n) is 5.00. The fourth-order valence-electron chi connectivity index (χ4n) is 2.37. The highest BCUT2D eigenvalue weighted by atomic mass is 35.5. The maximum Gasteiger partial charge on any atom is 0.119 e. The summed E-state index contributed by atoms with van der Waals surface area (Å²) in [4.78, 5) is 0. The lowest BCUT2D eigenvalue weighted by Crippen LogP contribution is -2.22. The summed E-state index contributed by atoms with van der Waals surface area (Å²) in [5, 5.41) is 4.32. The first-order valence-corrected chi connectivity index (χ1v) is 7.75. The quantitative estimate of drug-likeness (QED) is 0.832. The average molecular weight is 304 g/mol. The molecule has 0 heterocycles. The van der Waals surface area contributed by atoms with E-state index in [2.05, 4.69) is 36.5 Å². The van der Waals surface area contributed by atoms with Gasteiger partial charge in [0.2, 0.25) is 0 Å². The van der Waals surface area contributed by atoms with Crippen LogP contribution in [0.2, 0.25) is 5.02 Å². The third-order valence-electron chi connectivity index (χ3n) is 3.44. The molecule has 2 aromatic rings. The van der Waals surface area contributed by atoms with Crippen LogP contribution < -0.4 is 10.1 Å². The fourth-order valence-corrected chi connectivity index (χ4v) is 2.56. The molecule has 1 N–H and O–H groups in total. The van der Waals surface area contributed by atoms with Crippen LogP contribution in [-0.2, 0) is 0 Å². The van der Waals surface area contributed by atoms with E-state index in [9.17, 15) is 0 Å². The second kappa shape index (κ2) is 7.48. The summed E-state index contributed by atoms with van der Waals surface area (Å²) in [5.41, 5.74) is 3.45. The first-order chi connectivity index (χ1) is 10.2. The van der Waals surface area contributed by atoms with E-state index in [0.29, 0.717) is 6.61 Å². The Morgan fingerprint density at radius 3 is 2.52 bits per heavy atom. The van der Waals surface area contributed by atoms with Crippen molar-refractivity contribution in [2.45, 2.75) is 26.8 Å². The van der Waals surface area contributed by atoms with Crippen LogP contribution in [0.3, 0.4) is 0 Å². The van der Waals surface area contributed by atoms with Gasteiger partial charge in [0.05, 0.1) is 12.6 Å². The number of hydrogen-bond acceptors (Lipinski definition) is 2. The third-order valence-corrected chi connectivity index (χ3v) is 3.85. The normalized spacial score (nSPS) is 12.2. The monoisotopic (exact) mass is 303 g/mol. The Kier molecular flexibility index (Phi) is 5.66. The van der Waals surface area contributed by atoms with Crippen LogP contribution in [0.5, 0.6) is 5.75 Å². The van der Waals surface area contributed by atoms with Crippen molar-refractivity contribution in [2.75, 3.05) is 13.2 Å². The minimum Gasteiger partial charge on any atom is -0.494 e. The van der Waals surface area contributed by atoms with E-state index in [0.717, 1.165) is 22.9 Å². The number of aryl methyl sites for hydroxylation is 1. The predicted molar refractivity (Wildman–Crippen MR) is 89.3 cm³/mol. The van der Waals surface area contributed by atoms with E-state index in [1.165, 1.54) is 11.1 Å². The van der Waals surface area contributed by atoms with Gasteiger partial charge in [0, 0.05) is 5.02 Å². The Morgan fingerprint density at radius 1 is 1.10 bits per heavy atom.